The summed E-state index contributed by atoms with van der Waals surface area (Å²) < 4.78 is 11.6. The van der Waals surface area contributed by atoms with Crippen LogP contribution in [0.1, 0.15) is 11.3 Å². The van der Waals surface area contributed by atoms with Gasteiger partial charge in [-0.1, -0.05) is 54.7 Å². The van der Waals surface area contributed by atoms with Crippen LogP contribution in [-0.4, -0.2) is 11.6 Å². The van der Waals surface area contributed by atoms with Crippen LogP contribution >= 0.6 is 12.2 Å². The molecule has 0 saturated carbocycles. The molecule has 0 aliphatic heterocycles. The minimum atomic E-state index is 0.209. The van der Waals surface area contributed by atoms with Crippen LogP contribution in [0.2, 0.25) is 0 Å². The van der Waals surface area contributed by atoms with E-state index in [4.69, 9.17) is 27.1 Å². The van der Waals surface area contributed by atoms with Gasteiger partial charge in [-0.2, -0.15) is 0 Å². The second kappa shape index (κ2) is 5.97. The molecule has 21 heavy (non-hydrogen) atoms. The number of para-hydroxylation sites is 1. The first-order chi connectivity index (χ1) is 10.3. The minimum Gasteiger partial charge on any atom is -0.488 e. The average Bonchev–Trinajstić information content (AvgIpc) is 2.88. The molecule has 3 nitrogen and oxygen atoms in total. The van der Waals surface area contributed by atoms with E-state index in [2.05, 4.69) is 12.1 Å². The number of furan rings is 1. The Kier molecular flexibility index (Phi) is 3.88. The highest BCUT2D eigenvalue weighted by Crippen LogP contribution is 2.33. The van der Waals surface area contributed by atoms with Gasteiger partial charge in [0.25, 0.3) is 0 Å². The van der Waals surface area contributed by atoms with E-state index in [-0.39, 0.29) is 4.99 Å². The molecule has 0 spiro atoms. The summed E-state index contributed by atoms with van der Waals surface area (Å²) in [4.78, 5) is 0.209. The molecule has 0 amide bonds. The maximum atomic E-state index is 5.89. The highest BCUT2D eigenvalue weighted by molar-refractivity contribution is 7.80. The fraction of sp³-hybridized carbons (Fsp3) is 0.118. The van der Waals surface area contributed by atoms with Crippen molar-refractivity contribution in [2.24, 2.45) is 5.73 Å². The maximum absolute atomic E-state index is 5.89. The number of nitrogens with two attached hydrogens (primary N) is 1. The van der Waals surface area contributed by atoms with E-state index in [1.54, 1.807) is 0 Å². The minimum absolute atomic E-state index is 0.209. The van der Waals surface area contributed by atoms with E-state index in [0.717, 1.165) is 17.4 Å². The summed E-state index contributed by atoms with van der Waals surface area (Å²) in [5.74, 6) is 1.08. The van der Waals surface area contributed by atoms with Crippen LogP contribution in [0.15, 0.2) is 59.0 Å². The molecule has 0 radical (unpaired) electrons. The highest BCUT2D eigenvalue weighted by atomic mass is 32.1. The van der Waals surface area contributed by atoms with Crippen molar-refractivity contribution in [2.75, 3.05) is 6.61 Å². The zero-order valence-corrected chi connectivity index (χ0v) is 12.2. The SMILES string of the molecule is NC(=S)c1oc2ccccc2c1OCCc1ccccc1. The molecule has 4 heteroatoms. The van der Waals surface area contributed by atoms with E-state index < -0.39 is 0 Å². The van der Waals surface area contributed by atoms with Crippen molar-refractivity contribution in [2.45, 2.75) is 6.42 Å². The molecule has 3 rings (SSSR count). The normalized spacial score (nSPS) is 10.7. The van der Waals surface area contributed by atoms with Gasteiger partial charge in [0.2, 0.25) is 5.76 Å². The number of ether oxygens (including phenoxy) is 1. The summed E-state index contributed by atoms with van der Waals surface area (Å²) in [6.07, 6.45) is 0.817. The smallest absolute Gasteiger partial charge is 0.204 e. The van der Waals surface area contributed by atoms with Crippen LogP contribution < -0.4 is 10.5 Å². The van der Waals surface area contributed by atoms with Crippen LogP contribution in [0.5, 0.6) is 5.75 Å². The van der Waals surface area contributed by atoms with Crippen molar-refractivity contribution in [1.82, 2.24) is 0 Å². The second-order valence-electron chi connectivity index (χ2n) is 4.70. The Morgan fingerprint density at radius 2 is 1.76 bits per heavy atom. The third-order valence-corrected chi connectivity index (χ3v) is 3.44. The van der Waals surface area contributed by atoms with E-state index in [0.29, 0.717) is 18.1 Å². The molecule has 1 heterocycles. The molecule has 0 atom stereocenters. The first-order valence-corrected chi connectivity index (χ1v) is 7.14. The van der Waals surface area contributed by atoms with Gasteiger partial charge in [-0.25, -0.2) is 0 Å². The topological polar surface area (TPSA) is 48.4 Å². The standard InChI is InChI=1S/C17H15NO2S/c18-17(21)16-15(13-8-4-5-9-14(13)20-16)19-11-10-12-6-2-1-3-7-12/h1-9H,10-11H2,(H2,18,21). The Morgan fingerprint density at radius 3 is 2.52 bits per heavy atom. The molecule has 3 aromatic rings. The Hall–Kier alpha value is -2.33. The highest BCUT2D eigenvalue weighted by Gasteiger charge is 2.17. The summed E-state index contributed by atoms with van der Waals surface area (Å²) in [6.45, 7) is 0.545. The largest absolute Gasteiger partial charge is 0.488 e. The molecule has 0 saturated heterocycles. The van der Waals surface area contributed by atoms with E-state index in [1.807, 2.05) is 42.5 Å². The van der Waals surface area contributed by atoms with Crippen LogP contribution in [0, 0.1) is 0 Å². The van der Waals surface area contributed by atoms with Gasteiger partial charge in [0.15, 0.2) is 5.75 Å². The predicted molar refractivity (Wildman–Crippen MR) is 87.7 cm³/mol. The summed E-state index contributed by atoms with van der Waals surface area (Å²) in [6, 6.07) is 17.8. The Bertz CT molecular complexity index is 765. The molecule has 2 aromatic carbocycles. The van der Waals surface area contributed by atoms with Gasteiger partial charge >= 0.3 is 0 Å². The summed E-state index contributed by atoms with van der Waals surface area (Å²) in [5.41, 5.74) is 7.67. The lowest BCUT2D eigenvalue weighted by Gasteiger charge is -2.06. The fourth-order valence-corrected chi connectivity index (χ4v) is 2.38. The van der Waals surface area contributed by atoms with Gasteiger partial charge in [-0.3, -0.25) is 0 Å². The molecule has 2 N–H and O–H groups in total. The average molecular weight is 297 g/mol. The Morgan fingerprint density at radius 1 is 1.05 bits per heavy atom. The van der Waals surface area contributed by atoms with Crippen molar-refractivity contribution in [3.05, 3.63) is 65.9 Å². The van der Waals surface area contributed by atoms with Crippen molar-refractivity contribution < 1.29 is 9.15 Å². The van der Waals surface area contributed by atoms with Gasteiger partial charge in [-0.05, 0) is 17.7 Å². The molecule has 0 aliphatic carbocycles. The van der Waals surface area contributed by atoms with Crippen molar-refractivity contribution >= 4 is 28.2 Å². The molecule has 106 valence electrons. The van der Waals surface area contributed by atoms with Gasteiger partial charge in [-0.15, -0.1) is 0 Å². The molecular formula is C17H15NO2S. The lowest BCUT2D eigenvalue weighted by molar-refractivity contribution is 0.320. The monoisotopic (exact) mass is 297 g/mol. The number of hydrogen-bond acceptors (Lipinski definition) is 3. The van der Waals surface area contributed by atoms with Crippen LogP contribution in [0.25, 0.3) is 11.0 Å². The van der Waals surface area contributed by atoms with Crippen molar-refractivity contribution in [3.63, 3.8) is 0 Å². The van der Waals surface area contributed by atoms with E-state index in [1.165, 1.54) is 5.56 Å². The van der Waals surface area contributed by atoms with Gasteiger partial charge in [0, 0.05) is 6.42 Å². The molecule has 0 unspecified atom stereocenters. The number of benzene rings is 2. The first kappa shape index (κ1) is 13.6. The Labute approximate surface area is 128 Å². The third-order valence-electron chi connectivity index (χ3n) is 3.25. The second-order valence-corrected chi connectivity index (χ2v) is 5.14. The van der Waals surface area contributed by atoms with E-state index >= 15 is 0 Å². The van der Waals surface area contributed by atoms with Crippen LogP contribution in [-0.2, 0) is 6.42 Å². The number of thiocarbonyl (C=S) groups is 1. The summed E-state index contributed by atoms with van der Waals surface area (Å²) in [7, 11) is 0. The first-order valence-electron chi connectivity index (χ1n) is 6.74. The molecule has 0 bridgehead atoms. The van der Waals surface area contributed by atoms with Gasteiger partial charge in [0.1, 0.15) is 10.6 Å². The van der Waals surface area contributed by atoms with Gasteiger partial charge in [0.05, 0.1) is 12.0 Å². The maximum Gasteiger partial charge on any atom is 0.204 e. The number of hydrogen-bond donors (Lipinski definition) is 1. The van der Waals surface area contributed by atoms with Crippen LogP contribution in [0.3, 0.4) is 0 Å². The third kappa shape index (κ3) is 2.90. The fourth-order valence-electron chi connectivity index (χ4n) is 2.24. The lowest BCUT2D eigenvalue weighted by atomic mass is 10.2. The van der Waals surface area contributed by atoms with E-state index in [9.17, 15) is 0 Å². The zero-order valence-electron chi connectivity index (χ0n) is 11.4. The number of rotatable bonds is 5. The molecule has 1 aromatic heterocycles. The molecular weight excluding hydrogens is 282 g/mol. The molecule has 0 aliphatic rings. The molecule has 0 fully saturated rings. The van der Waals surface area contributed by atoms with Crippen molar-refractivity contribution in [3.8, 4) is 5.75 Å². The Balaban J connectivity index is 1.82. The predicted octanol–water partition coefficient (Wildman–Crippen LogP) is 3.69. The zero-order chi connectivity index (χ0) is 14.7. The van der Waals surface area contributed by atoms with Crippen molar-refractivity contribution in [1.29, 1.82) is 0 Å². The number of fused-ring (bicyclic) bond motifs is 1. The quantitative estimate of drug-likeness (QED) is 0.730. The van der Waals surface area contributed by atoms with Crippen LogP contribution in [0.4, 0.5) is 0 Å². The summed E-state index contributed by atoms with van der Waals surface area (Å²) >= 11 is 5.04. The summed E-state index contributed by atoms with van der Waals surface area (Å²) in [5, 5.41) is 0.897. The van der Waals surface area contributed by atoms with Gasteiger partial charge < -0.3 is 14.9 Å². The lowest BCUT2D eigenvalue weighted by Crippen LogP contribution is -2.11.